The van der Waals surface area contributed by atoms with Crippen molar-refractivity contribution in [2.24, 2.45) is 0 Å². The van der Waals surface area contributed by atoms with Gasteiger partial charge in [0.05, 0.1) is 0 Å². The Balaban J connectivity index is 1.45. The van der Waals surface area contributed by atoms with E-state index in [1.165, 1.54) is 5.56 Å². The maximum absolute atomic E-state index is 12.0. The first kappa shape index (κ1) is 15.4. The molecule has 5 heteroatoms. The van der Waals surface area contributed by atoms with E-state index >= 15 is 0 Å². The van der Waals surface area contributed by atoms with Gasteiger partial charge in [-0.3, -0.25) is 4.79 Å². The quantitative estimate of drug-likeness (QED) is 0.846. The van der Waals surface area contributed by atoms with Crippen LogP contribution in [-0.4, -0.2) is 19.2 Å². The van der Waals surface area contributed by atoms with Crippen LogP contribution in [0.15, 0.2) is 48.5 Å². The van der Waals surface area contributed by atoms with Gasteiger partial charge in [-0.25, -0.2) is 0 Å². The van der Waals surface area contributed by atoms with E-state index in [0.717, 1.165) is 17.1 Å². The van der Waals surface area contributed by atoms with Crippen molar-refractivity contribution in [3.8, 4) is 11.5 Å². The standard InChI is InChI=1S/C18H20N2O3/c1-13(15-5-3-2-4-6-15)19-11-18(21)20-10-14-7-8-16-17(9-14)23-12-22-16/h2-9,13,19H,10-12H2,1H3,(H,20,21)/p+1/t13-/m0/s1. The number of fused-ring (bicyclic) bond motifs is 1. The highest BCUT2D eigenvalue weighted by Crippen LogP contribution is 2.32. The normalized spacial score (nSPS) is 13.6. The number of hydrogen-bond donors (Lipinski definition) is 2. The number of carbonyl (C=O) groups excluding carboxylic acids is 1. The number of hydrogen-bond acceptors (Lipinski definition) is 3. The predicted octanol–water partition coefficient (Wildman–Crippen LogP) is 1.36. The summed E-state index contributed by atoms with van der Waals surface area (Å²) in [6.45, 7) is 3.25. The highest BCUT2D eigenvalue weighted by Gasteiger charge is 2.14. The van der Waals surface area contributed by atoms with Crippen LogP contribution in [-0.2, 0) is 11.3 Å². The van der Waals surface area contributed by atoms with E-state index in [2.05, 4.69) is 24.4 Å². The Morgan fingerprint density at radius 2 is 1.96 bits per heavy atom. The molecule has 0 aliphatic carbocycles. The zero-order valence-corrected chi connectivity index (χ0v) is 13.1. The van der Waals surface area contributed by atoms with Gasteiger partial charge in [-0.15, -0.1) is 0 Å². The summed E-state index contributed by atoms with van der Waals surface area (Å²) in [5.41, 5.74) is 2.22. The molecule has 0 fully saturated rings. The second-order valence-corrected chi connectivity index (χ2v) is 5.60. The van der Waals surface area contributed by atoms with Gasteiger partial charge < -0.3 is 20.1 Å². The zero-order valence-electron chi connectivity index (χ0n) is 13.1. The van der Waals surface area contributed by atoms with Crippen molar-refractivity contribution in [1.82, 2.24) is 5.32 Å². The summed E-state index contributed by atoms with van der Waals surface area (Å²) in [6, 6.07) is 16.1. The van der Waals surface area contributed by atoms with Crippen LogP contribution in [0, 0.1) is 0 Å². The van der Waals surface area contributed by atoms with Crippen molar-refractivity contribution in [1.29, 1.82) is 0 Å². The first-order chi connectivity index (χ1) is 11.2. The molecule has 5 nitrogen and oxygen atoms in total. The fourth-order valence-corrected chi connectivity index (χ4v) is 2.50. The number of benzene rings is 2. The molecule has 0 bridgehead atoms. The molecule has 0 radical (unpaired) electrons. The van der Waals surface area contributed by atoms with Crippen LogP contribution in [0.2, 0.25) is 0 Å². The monoisotopic (exact) mass is 313 g/mol. The lowest BCUT2D eigenvalue weighted by Crippen LogP contribution is -2.87. The molecule has 1 amide bonds. The van der Waals surface area contributed by atoms with Crippen LogP contribution in [0.1, 0.15) is 24.1 Å². The van der Waals surface area contributed by atoms with Crippen molar-refractivity contribution in [3.63, 3.8) is 0 Å². The largest absolute Gasteiger partial charge is 0.454 e. The molecule has 120 valence electrons. The van der Waals surface area contributed by atoms with Gasteiger partial charge in [-0.1, -0.05) is 36.4 Å². The summed E-state index contributed by atoms with van der Waals surface area (Å²) >= 11 is 0. The lowest BCUT2D eigenvalue weighted by Gasteiger charge is -2.11. The molecule has 0 aromatic heterocycles. The third-order valence-corrected chi connectivity index (χ3v) is 3.91. The molecule has 1 heterocycles. The van der Waals surface area contributed by atoms with Gasteiger partial charge in [0.25, 0.3) is 5.91 Å². The van der Waals surface area contributed by atoms with Gasteiger partial charge in [-0.05, 0) is 24.6 Å². The van der Waals surface area contributed by atoms with Crippen molar-refractivity contribution >= 4 is 5.91 Å². The Morgan fingerprint density at radius 1 is 1.17 bits per heavy atom. The van der Waals surface area contributed by atoms with Gasteiger partial charge in [-0.2, -0.15) is 0 Å². The minimum Gasteiger partial charge on any atom is -0.454 e. The van der Waals surface area contributed by atoms with Crippen LogP contribution in [0.3, 0.4) is 0 Å². The van der Waals surface area contributed by atoms with Crippen LogP contribution in [0.4, 0.5) is 0 Å². The summed E-state index contributed by atoms with van der Waals surface area (Å²) in [7, 11) is 0. The lowest BCUT2D eigenvalue weighted by molar-refractivity contribution is -0.682. The van der Waals surface area contributed by atoms with Crippen molar-refractivity contribution < 1.29 is 19.6 Å². The van der Waals surface area contributed by atoms with E-state index in [0.29, 0.717) is 13.1 Å². The smallest absolute Gasteiger partial charge is 0.275 e. The molecule has 0 saturated heterocycles. The number of quaternary nitrogens is 1. The first-order valence-electron chi connectivity index (χ1n) is 7.76. The third-order valence-electron chi connectivity index (χ3n) is 3.91. The summed E-state index contributed by atoms with van der Waals surface area (Å²) in [5.74, 6) is 1.51. The highest BCUT2D eigenvalue weighted by molar-refractivity contribution is 5.76. The predicted molar refractivity (Wildman–Crippen MR) is 86.1 cm³/mol. The molecule has 2 aromatic rings. The molecule has 3 rings (SSSR count). The molecule has 1 aliphatic rings. The molecule has 1 aliphatic heterocycles. The molecule has 2 aromatic carbocycles. The molecule has 3 N–H and O–H groups in total. The number of nitrogens with one attached hydrogen (secondary N) is 1. The van der Waals surface area contributed by atoms with Crippen LogP contribution in [0.25, 0.3) is 0 Å². The number of nitrogens with two attached hydrogens (primary N) is 1. The maximum Gasteiger partial charge on any atom is 0.275 e. The summed E-state index contributed by atoms with van der Waals surface area (Å²) in [6.07, 6.45) is 0. The van der Waals surface area contributed by atoms with Crippen LogP contribution < -0.4 is 20.1 Å². The van der Waals surface area contributed by atoms with E-state index in [1.54, 1.807) is 0 Å². The SMILES string of the molecule is C[C@H]([NH2+]CC(=O)NCc1ccc2c(c1)OCO2)c1ccccc1. The average Bonchev–Trinajstić information content (AvgIpc) is 3.06. The van der Waals surface area contributed by atoms with Crippen molar-refractivity contribution in [2.75, 3.05) is 13.3 Å². The summed E-state index contributed by atoms with van der Waals surface area (Å²) in [4.78, 5) is 12.0. The van der Waals surface area contributed by atoms with Gasteiger partial charge in [0.1, 0.15) is 6.04 Å². The van der Waals surface area contributed by atoms with Gasteiger partial charge in [0.15, 0.2) is 18.0 Å². The van der Waals surface area contributed by atoms with Gasteiger partial charge in [0.2, 0.25) is 6.79 Å². The molecule has 1 atom stereocenters. The second-order valence-electron chi connectivity index (χ2n) is 5.60. The fourth-order valence-electron chi connectivity index (χ4n) is 2.50. The Labute approximate surface area is 135 Å². The first-order valence-corrected chi connectivity index (χ1v) is 7.76. The van der Waals surface area contributed by atoms with Crippen molar-refractivity contribution in [3.05, 3.63) is 59.7 Å². The number of carbonyl (C=O) groups is 1. The van der Waals surface area contributed by atoms with Gasteiger partial charge >= 0.3 is 0 Å². The van der Waals surface area contributed by atoms with E-state index in [-0.39, 0.29) is 18.7 Å². The fraction of sp³-hybridized carbons (Fsp3) is 0.278. The Bertz CT molecular complexity index is 673. The second kappa shape index (κ2) is 7.15. The van der Waals surface area contributed by atoms with E-state index in [1.807, 2.05) is 41.7 Å². The Kier molecular flexibility index (Phi) is 4.78. The van der Waals surface area contributed by atoms with Gasteiger partial charge in [0, 0.05) is 12.1 Å². The minimum atomic E-state index is 0.0189. The molecule has 23 heavy (non-hydrogen) atoms. The van der Waals surface area contributed by atoms with Crippen LogP contribution in [0.5, 0.6) is 11.5 Å². The minimum absolute atomic E-state index is 0.0189. The highest BCUT2D eigenvalue weighted by atomic mass is 16.7. The van der Waals surface area contributed by atoms with E-state index in [4.69, 9.17) is 9.47 Å². The maximum atomic E-state index is 12.0. The summed E-state index contributed by atoms with van der Waals surface area (Å²) < 4.78 is 10.6. The van der Waals surface area contributed by atoms with Crippen LogP contribution >= 0.6 is 0 Å². The number of rotatable bonds is 6. The molecular weight excluding hydrogens is 292 g/mol. The average molecular weight is 313 g/mol. The van der Waals surface area contributed by atoms with E-state index in [9.17, 15) is 4.79 Å². The molecule has 0 unspecified atom stereocenters. The van der Waals surface area contributed by atoms with E-state index < -0.39 is 0 Å². The Morgan fingerprint density at radius 3 is 2.78 bits per heavy atom. The number of amides is 1. The molecular formula is C18H21N2O3+. The topological polar surface area (TPSA) is 64.2 Å². The summed E-state index contributed by atoms with van der Waals surface area (Å²) in [5, 5.41) is 4.96. The Hall–Kier alpha value is -2.53. The lowest BCUT2D eigenvalue weighted by atomic mass is 10.1. The molecule has 0 spiro atoms. The molecule has 0 saturated carbocycles. The third kappa shape index (κ3) is 4.02. The van der Waals surface area contributed by atoms with Crippen molar-refractivity contribution in [2.45, 2.75) is 19.5 Å². The zero-order chi connectivity index (χ0) is 16.1. The number of ether oxygens (including phenoxy) is 2.